The molecule has 0 heterocycles. The van der Waals surface area contributed by atoms with Crippen molar-refractivity contribution in [1.29, 1.82) is 0 Å². The van der Waals surface area contributed by atoms with E-state index in [1.54, 1.807) is 42.5 Å². The average Bonchev–Trinajstić information content (AvgIpc) is 3.06. The van der Waals surface area contributed by atoms with Gasteiger partial charge in [0.25, 0.3) is 0 Å². The number of hydrogen-bond donors (Lipinski definition) is 1. The number of anilines is 1. The van der Waals surface area contributed by atoms with E-state index in [4.69, 9.17) is 27.9 Å². The van der Waals surface area contributed by atoms with Crippen LogP contribution in [0.5, 0.6) is 5.75 Å². The number of carbonyl (C=O) groups is 2. The number of ether oxygens (including phenoxy) is 1. The largest absolute Gasteiger partial charge is 0.489 e. The molecule has 2 unspecified atom stereocenters. The molecule has 0 aliphatic carbocycles. The van der Waals surface area contributed by atoms with Crippen LogP contribution >= 0.6 is 23.2 Å². The van der Waals surface area contributed by atoms with Crippen LogP contribution in [0.1, 0.15) is 37.0 Å². The molecule has 47 heavy (non-hydrogen) atoms. The predicted octanol–water partition coefficient (Wildman–Crippen LogP) is 6.89. The predicted molar refractivity (Wildman–Crippen MR) is 188 cm³/mol. The number of nitrogens with zero attached hydrogens (tertiary/aromatic N) is 2. The molecule has 8 nitrogen and oxygen atoms in total. The topological polar surface area (TPSA) is 96.0 Å². The quantitative estimate of drug-likeness (QED) is 0.146. The van der Waals surface area contributed by atoms with E-state index in [2.05, 4.69) is 5.32 Å². The molecule has 0 radical (unpaired) electrons. The number of amides is 2. The van der Waals surface area contributed by atoms with Crippen molar-refractivity contribution in [1.82, 2.24) is 10.2 Å². The maximum absolute atomic E-state index is 14.3. The fourth-order valence-corrected chi connectivity index (χ4v) is 6.06. The summed E-state index contributed by atoms with van der Waals surface area (Å²) >= 11 is 12.5. The molecule has 248 valence electrons. The van der Waals surface area contributed by atoms with Crippen LogP contribution in [0.4, 0.5) is 5.69 Å². The lowest BCUT2D eigenvalue weighted by Gasteiger charge is -2.34. The molecular formula is C36H39Cl2N3O5S. The lowest BCUT2D eigenvalue weighted by atomic mass is 10.0. The number of halogens is 2. The molecule has 2 amide bonds. The van der Waals surface area contributed by atoms with E-state index in [1.807, 2.05) is 74.5 Å². The molecule has 0 aromatic heterocycles. The second-order valence-corrected chi connectivity index (χ2v) is 14.1. The molecule has 0 aliphatic rings. The van der Waals surface area contributed by atoms with Crippen molar-refractivity contribution in [3.05, 3.63) is 130 Å². The van der Waals surface area contributed by atoms with Crippen LogP contribution in [-0.4, -0.2) is 50.0 Å². The first-order valence-electron chi connectivity index (χ1n) is 15.3. The van der Waals surface area contributed by atoms with Gasteiger partial charge in [-0.25, -0.2) is 8.42 Å². The van der Waals surface area contributed by atoms with E-state index in [0.29, 0.717) is 34.4 Å². The number of benzene rings is 4. The van der Waals surface area contributed by atoms with Gasteiger partial charge in [-0.15, -0.1) is 0 Å². The monoisotopic (exact) mass is 695 g/mol. The third kappa shape index (κ3) is 10.5. The number of sulfonamides is 1. The number of nitrogens with one attached hydrogen (secondary N) is 1. The smallest absolute Gasteiger partial charge is 0.244 e. The van der Waals surface area contributed by atoms with Gasteiger partial charge in [0.1, 0.15) is 24.9 Å². The Kier molecular flexibility index (Phi) is 12.7. The standard InChI is InChI=1S/C36H39Cl2N3O5S/c1-4-26(2)39-36(43)34(22-27-11-7-5-8-12-27)40(23-29-15-20-32(37)33(38)21-29)35(42)24-41(47(3,44)45)30-16-18-31(19-17-30)46-25-28-13-9-6-10-14-28/h5-21,26,34H,4,22-25H2,1-3H3,(H,39,43). The van der Waals surface area contributed by atoms with Crippen molar-refractivity contribution in [2.45, 2.75) is 51.9 Å². The third-order valence-corrected chi connectivity index (χ3v) is 9.54. The summed E-state index contributed by atoms with van der Waals surface area (Å²) in [4.78, 5) is 29.6. The van der Waals surface area contributed by atoms with Gasteiger partial charge >= 0.3 is 0 Å². The summed E-state index contributed by atoms with van der Waals surface area (Å²) < 4.78 is 33.1. The van der Waals surface area contributed by atoms with Gasteiger partial charge in [-0.2, -0.15) is 0 Å². The van der Waals surface area contributed by atoms with Crippen molar-refractivity contribution in [3.8, 4) is 5.75 Å². The first kappa shape index (κ1) is 35.8. The van der Waals surface area contributed by atoms with Crippen LogP contribution in [0.3, 0.4) is 0 Å². The molecular weight excluding hydrogens is 657 g/mol. The fourth-order valence-electron chi connectivity index (χ4n) is 4.89. The van der Waals surface area contributed by atoms with E-state index >= 15 is 0 Å². The first-order valence-corrected chi connectivity index (χ1v) is 17.9. The van der Waals surface area contributed by atoms with Crippen LogP contribution in [0, 0.1) is 0 Å². The molecule has 0 saturated heterocycles. The van der Waals surface area contributed by atoms with E-state index in [9.17, 15) is 18.0 Å². The Hall–Kier alpha value is -4.05. The molecule has 0 spiro atoms. The van der Waals surface area contributed by atoms with Crippen molar-refractivity contribution in [2.24, 2.45) is 0 Å². The van der Waals surface area contributed by atoms with Gasteiger partial charge in [0.05, 0.1) is 22.0 Å². The summed E-state index contributed by atoms with van der Waals surface area (Å²) in [6.07, 6.45) is 1.94. The summed E-state index contributed by atoms with van der Waals surface area (Å²) in [5.74, 6) is -0.364. The van der Waals surface area contributed by atoms with Crippen molar-refractivity contribution in [3.63, 3.8) is 0 Å². The van der Waals surface area contributed by atoms with Crippen LogP contribution in [0.2, 0.25) is 10.0 Å². The second-order valence-electron chi connectivity index (χ2n) is 11.3. The number of carbonyl (C=O) groups excluding carboxylic acids is 2. The Balaban J connectivity index is 1.66. The molecule has 0 saturated carbocycles. The maximum atomic E-state index is 14.3. The van der Waals surface area contributed by atoms with Crippen LogP contribution in [-0.2, 0) is 39.2 Å². The zero-order chi connectivity index (χ0) is 34.0. The molecule has 4 rings (SSSR count). The van der Waals surface area contributed by atoms with Gasteiger partial charge in [0.2, 0.25) is 21.8 Å². The van der Waals surface area contributed by atoms with Crippen molar-refractivity contribution < 1.29 is 22.7 Å². The third-order valence-electron chi connectivity index (χ3n) is 7.66. The van der Waals surface area contributed by atoms with E-state index in [-0.39, 0.29) is 30.6 Å². The molecule has 0 fully saturated rings. The minimum Gasteiger partial charge on any atom is -0.489 e. The summed E-state index contributed by atoms with van der Waals surface area (Å²) in [5, 5.41) is 3.66. The molecule has 0 aliphatic heterocycles. The van der Waals surface area contributed by atoms with E-state index in [1.165, 1.54) is 4.90 Å². The van der Waals surface area contributed by atoms with E-state index in [0.717, 1.165) is 21.7 Å². The van der Waals surface area contributed by atoms with Gasteiger partial charge in [-0.3, -0.25) is 13.9 Å². The SMILES string of the molecule is CCC(C)NC(=O)C(Cc1ccccc1)N(Cc1ccc(Cl)c(Cl)c1)C(=O)CN(c1ccc(OCc2ccccc2)cc1)S(C)(=O)=O. The van der Waals surface area contributed by atoms with Crippen LogP contribution in [0.25, 0.3) is 0 Å². The van der Waals surface area contributed by atoms with Gasteiger partial charge in [-0.05, 0) is 66.4 Å². The minimum atomic E-state index is -3.92. The molecule has 4 aromatic rings. The minimum absolute atomic E-state index is 0.00891. The highest BCUT2D eigenvalue weighted by atomic mass is 35.5. The Labute approximate surface area is 287 Å². The van der Waals surface area contributed by atoms with Gasteiger partial charge < -0.3 is 15.0 Å². The zero-order valence-corrected chi connectivity index (χ0v) is 28.9. The van der Waals surface area contributed by atoms with Crippen molar-refractivity contribution in [2.75, 3.05) is 17.1 Å². The second kappa shape index (κ2) is 16.7. The summed E-state index contributed by atoms with van der Waals surface area (Å²) in [5.41, 5.74) is 2.75. The lowest BCUT2D eigenvalue weighted by Crippen LogP contribution is -2.54. The van der Waals surface area contributed by atoms with Gasteiger partial charge in [0.15, 0.2) is 0 Å². The van der Waals surface area contributed by atoms with Crippen LogP contribution in [0.15, 0.2) is 103 Å². The number of hydrogen-bond acceptors (Lipinski definition) is 5. The molecule has 4 aromatic carbocycles. The number of rotatable bonds is 15. The molecule has 0 bridgehead atoms. The highest BCUT2D eigenvalue weighted by Crippen LogP contribution is 2.26. The van der Waals surface area contributed by atoms with Gasteiger partial charge in [0, 0.05) is 19.0 Å². The van der Waals surface area contributed by atoms with Gasteiger partial charge in [-0.1, -0.05) is 96.9 Å². The summed E-state index contributed by atoms with van der Waals surface area (Å²) in [7, 11) is -3.92. The Morgan fingerprint density at radius 3 is 2.02 bits per heavy atom. The summed E-state index contributed by atoms with van der Waals surface area (Å²) in [6.45, 7) is 3.65. The lowest BCUT2D eigenvalue weighted by molar-refractivity contribution is -0.140. The molecule has 1 N–H and O–H groups in total. The Morgan fingerprint density at radius 2 is 1.45 bits per heavy atom. The fraction of sp³-hybridized carbons (Fsp3) is 0.278. The molecule has 2 atom stereocenters. The highest BCUT2D eigenvalue weighted by Gasteiger charge is 2.33. The zero-order valence-electron chi connectivity index (χ0n) is 26.6. The first-order chi connectivity index (χ1) is 22.4. The summed E-state index contributed by atoms with van der Waals surface area (Å²) in [6, 6.07) is 29.4. The highest BCUT2D eigenvalue weighted by molar-refractivity contribution is 7.92. The average molecular weight is 697 g/mol. The van der Waals surface area contributed by atoms with Crippen LogP contribution < -0.4 is 14.4 Å². The molecule has 11 heteroatoms. The van der Waals surface area contributed by atoms with Crippen molar-refractivity contribution >= 4 is 50.7 Å². The Morgan fingerprint density at radius 1 is 0.830 bits per heavy atom. The maximum Gasteiger partial charge on any atom is 0.244 e. The Bertz CT molecular complexity index is 1740. The van der Waals surface area contributed by atoms with E-state index < -0.39 is 28.5 Å². The normalized spacial score (nSPS) is 12.5.